The normalized spacial score (nSPS) is 11.9. The molecule has 0 radical (unpaired) electrons. The molecule has 0 bridgehead atoms. The first-order valence-corrected chi connectivity index (χ1v) is 11.3. The van der Waals surface area contributed by atoms with E-state index in [0.29, 0.717) is 24.4 Å². The van der Waals surface area contributed by atoms with Crippen molar-refractivity contribution in [1.82, 2.24) is 9.97 Å². The first-order chi connectivity index (χ1) is 15.1. The molecule has 31 heavy (non-hydrogen) atoms. The monoisotopic (exact) mass is 491 g/mol. The van der Waals surface area contributed by atoms with Gasteiger partial charge in [-0.2, -0.15) is 0 Å². The third-order valence-electron chi connectivity index (χ3n) is 5.11. The summed E-state index contributed by atoms with van der Waals surface area (Å²) in [6, 6.07) is 17.1. The van der Waals surface area contributed by atoms with Crippen LogP contribution >= 0.6 is 27.3 Å². The summed E-state index contributed by atoms with van der Waals surface area (Å²) in [5.41, 5.74) is 4.81. The van der Waals surface area contributed by atoms with Crippen LogP contribution in [0.3, 0.4) is 0 Å². The molecule has 0 saturated heterocycles. The maximum atomic E-state index is 13.7. The van der Waals surface area contributed by atoms with Crippen molar-refractivity contribution >= 4 is 39.0 Å². The fraction of sp³-hybridized carbons (Fsp3) is 0.125. The highest BCUT2D eigenvalue weighted by atomic mass is 79.9. The second kappa shape index (κ2) is 8.22. The highest BCUT2D eigenvalue weighted by molar-refractivity contribution is 9.10. The van der Waals surface area contributed by atoms with Crippen LogP contribution in [0.1, 0.15) is 16.8 Å². The smallest absolute Gasteiger partial charge is 0.230 e. The number of halogens is 2. The van der Waals surface area contributed by atoms with Crippen LogP contribution in [-0.4, -0.2) is 15.9 Å². The lowest BCUT2D eigenvalue weighted by molar-refractivity contribution is -0.115. The Kier molecular flexibility index (Phi) is 5.26. The molecule has 0 fully saturated rings. The Morgan fingerprint density at radius 3 is 2.74 bits per heavy atom. The largest absolute Gasteiger partial charge is 0.309 e. The van der Waals surface area contributed by atoms with Gasteiger partial charge in [0, 0.05) is 16.1 Å². The number of anilines is 1. The summed E-state index contributed by atoms with van der Waals surface area (Å²) < 4.78 is 14.7. The van der Waals surface area contributed by atoms with Crippen LogP contribution in [0.2, 0.25) is 0 Å². The molecule has 0 spiro atoms. The van der Waals surface area contributed by atoms with Crippen LogP contribution in [0.5, 0.6) is 0 Å². The average Bonchev–Trinajstić information content (AvgIpc) is 3.29. The molecule has 5 rings (SSSR count). The Balaban J connectivity index is 1.52. The van der Waals surface area contributed by atoms with E-state index in [2.05, 4.69) is 32.7 Å². The first kappa shape index (κ1) is 19.9. The van der Waals surface area contributed by atoms with Gasteiger partial charge in [-0.25, -0.2) is 14.4 Å². The van der Waals surface area contributed by atoms with Crippen molar-refractivity contribution in [2.24, 2.45) is 0 Å². The fourth-order valence-electron chi connectivity index (χ4n) is 3.66. The zero-order valence-electron chi connectivity index (χ0n) is 16.2. The topological polar surface area (TPSA) is 54.9 Å². The molecule has 1 aliphatic rings. The minimum Gasteiger partial charge on any atom is -0.309 e. The average molecular weight is 492 g/mol. The van der Waals surface area contributed by atoms with E-state index in [1.165, 1.54) is 17.4 Å². The summed E-state index contributed by atoms with van der Waals surface area (Å²) in [7, 11) is 0. The van der Waals surface area contributed by atoms with Gasteiger partial charge in [-0.15, -0.1) is 0 Å². The standard InChI is InChI=1S/C24H15BrFN3OS/c25-16-6-3-14(4-7-16)12-21(30)28-24-23(20-2-1-11-31-20)29-22-18-9-8-17(26)13-15(18)5-10-19(22)27-24/h2-4,6-9,13H,5,10,12H2,(H,27,28,30). The molecule has 152 valence electrons. The van der Waals surface area contributed by atoms with E-state index in [0.717, 1.165) is 37.4 Å². The Morgan fingerprint density at radius 1 is 1.13 bits per heavy atom. The van der Waals surface area contributed by atoms with Crippen LogP contribution in [0.4, 0.5) is 10.2 Å². The van der Waals surface area contributed by atoms with E-state index in [1.54, 1.807) is 18.2 Å². The molecular formula is C24H15BrFN3OS. The van der Waals surface area contributed by atoms with Gasteiger partial charge in [0.05, 0.1) is 22.7 Å². The summed E-state index contributed by atoms with van der Waals surface area (Å²) in [5, 5.41) is 5.88. The molecule has 1 N–H and O–H groups in total. The summed E-state index contributed by atoms with van der Waals surface area (Å²) in [4.78, 5) is 23.2. The lowest BCUT2D eigenvalue weighted by Crippen LogP contribution is -2.18. The number of carbonyl (C=O) groups excluding carboxylic acids is 1. The Hall–Kier alpha value is -3.08. The van der Waals surface area contributed by atoms with Crippen LogP contribution in [0.25, 0.3) is 21.8 Å². The summed E-state index contributed by atoms with van der Waals surface area (Å²) >= 11 is 4.76. The first-order valence-electron chi connectivity index (χ1n) is 9.69. The van der Waals surface area contributed by atoms with Gasteiger partial charge >= 0.3 is 0 Å². The van der Waals surface area contributed by atoms with Gasteiger partial charge in [0.25, 0.3) is 0 Å². The number of nitrogens with one attached hydrogen (secondary N) is 1. The zero-order chi connectivity index (χ0) is 21.4. The number of hydrogen-bond donors (Lipinski definition) is 1. The SMILES string of the molecule is O=C(Cc1ccc(Br)cc1)Nc1nc2c(nc1-c1cc#cs1)-c1ccc(F)cc1CC2. The van der Waals surface area contributed by atoms with E-state index in [9.17, 15) is 9.18 Å². The van der Waals surface area contributed by atoms with Gasteiger partial charge in [-0.3, -0.25) is 4.79 Å². The minimum absolute atomic E-state index is 0.166. The minimum atomic E-state index is -0.255. The molecule has 0 saturated carbocycles. The Bertz CT molecular complexity index is 1270. The third kappa shape index (κ3) is 4.09. The van der Waals surface area contributed by atoms with E-state index in [4.69, 9.17) is 9.97 Å². The number of aromatic nitrogens is 2. The van der Waals surface area contributed by atoms with Crippen LogP contribution < -0.4 is 5.32 Å². The van der Waals surface area contributed by atoms with Crippen molar-refractivity contribution in [3.63, 3.8) is 0 Å². The quantitative estimate of drug-likeness (QED) is 0.401. The van der Waals surface area contributed by atoms with Gasteiger partial charge in [0.2, 0.25) is 5.91 Å². The van der Waals surface area contributed by atoms with Crippen LogP contribution in [-0.2, 0) is 24.1 Å². The number of nitrogens with zero attached hydrogens (tertiary/aromatic N) is 2. The molecule has 1 aliphatic carbocycles. The summed E-state index contributed by atoms with van der Waals surface area (Å²) in [5.74, 6) is 0.00552. The van der Waals surface area contributed by atoms with Crippen molar-refractivity contribution < 1.29 is 9.18 Å². The van der Waals surface area contributed by atoms with Crippen molar-refractivity contribution in [3.8, 4) is 21.8 Å². The Morgan fingerprint density at radius 2 is 1.97 bits per heavy atom. The summed E-state index contributed by atoms with van der Waals surface area (Å²) in [6.07, 6.45) is 1.55. The number of aryl methyl sites for hydroxylation is 2. The molecule has 7 heteroatoms. The molecule has 1 amide bonds. The zero-order valence-corrected chi connectivity index (χ0v) is 18.6. The molecule has 2 aromatic carbocycles. The van der Waals surface area contributed by atoms with Gasteiger partial charge < -0.3 is 5.32 Å². The molecule has 2 aromatic heterocycles. The number of carbonyl (C=O) groups is 1. The lowest BCUT2D eigenvalue weighted by Gasteiger charge is -2.20. The Labute approximate surface area is 191 Å². The van der Waals surface area contributed by atoms with Gasteiger partial charge in [-0.05, 0) is 59.7 Å². The van der Waals surface area contributed by atoms with Crippen LogP contribution in [0.15, 0.2) is 53.0 Å². The maximum absolute atomic E-state index is 13.7. The number of fused-ring (bicyclic) bond motifs is 3. The highest BCUT2D eigenvalue weighted by Crippen LogP contribution is 2.36. The lowest BCUT2D eigenvalue weighted by atomic mass is 9.91. The molecule has 2 heterocycles. The molecule has 0 atom stereocenters. The number of hydrogen-bond acceptors (Lipinski definition) is 4. The van der Waals surface area contributed by atoms with Gasteiger partial charge in [0.15, 0.2) is 5.82 Å². The predicted molar refractivity (Wildman–Crippen MR) is 122 cm³/mol. The van der Waals surface area contributed by atoms with Crippen molar-refractivity contribution in [2.45, 2.75) is 19.3 Å². The molecule has 0 aliphatic heterocycles. The molecular weight excluding hydrogens is 477 g/mol. The van der Waals surface area contributed by atoms with Gasteiger partial charge in [-0.1, -0.05) is 45.5 Å². The van der Waals surface area contributed by atoms with Crippen molar-refractivity contribution in [2.75, 3.05) is 5.32 Å². The maximum Gasteiger partial charge on any atom is 0.230 e. The predicted octanol–water partition coefficient (Wildman–Crippen LogP) is 5.65. The fourth-order valence-corrected chi connectivity index (χ4v) is 4.51. The molecule has 4 nitrogen and oxygen atoms in total. The number of rotatable bonds is 4. The van der Waals surface area contributed by atoms with E-state index >= 15 is 0 Å². The van der Waals surface area contributed by atoms with Crippen LogP contribution in [0, 0.1) is 17.3 Å². The van der Waals surface area contributed by atoms with E-state index in [1.807, 2.05) is 24.3 Å². The van der Waals surface area contributed by atoms with Gasteiger partial charge in [0.1, 0.15) is 11.5 Å². The number of amides is 1. The summed E-state index contributed by atoms with van der Waals surface area (Å²) in [6.45, 7) is 0. The van der Waals surface area contributed by atoms with Crippen molar-refractivity contribution in [3.05, 3.63) is 87.1 Å². The molecule has 4 aromatic rings. The third-order valence-corrected chi connectivity index (χ3v) is 6.39. The molecule has 0 unspecified atom stereocenters. The second-order valence-electron chi connectivity index (χ2n) is 7.23. The number of benzene rings is 2. The van der Waals surface area contributed by atoms with E-state index < -0.39 is 0 Å². The van der Waals surface area contributed by atoms with Crippen molar-refractivity contribution in [1.29, 1.82) is 0 Å². The van der Waals surface area contributed by atoms with E-state index in [-0.39, 0.29) is 18.1 Å². The second-order valence-corrected chi connectivity index (χ2v) is 8.99. The highest BCUT2D eigenvalue weighted by Gasteiger charge is 2.24.